The van der Waals surface area contributed by atoms with Crippen molar-refractivity contribution >= 4 is 22.2 Å². The summed E-state index contributed by atoms with van der Waals surface area (Å²) < 4.78 is 28.0. The van der Waals surface area contributed by atoms with Crippen molar-refractivity contribution < 1.29 is 8.78 Å². The molecule has 8 heteroatoms. The molecular weight excluding hydrogens is 452 g/mol. The van der Waals surface area contributed by atoms with Crippen LogP contribution in [0, 0.1) is 0 Å². The molecule has 0 atom stereocenters. The number of nitrogens with zero attached hydrogens (tertiary/aromatic N) is 4. The van der Waals surface area contributed by atoms with Gasteiger partial charge in [-0.15, -0.1) is 11.3 Å². The molecule has 5 nitrogen and oxygen atoms in total. The zero-order valence-electron chi connectivity index (χ0n) is 18.5. The molecular formula is C26H21F2N5S. The van der Waals surface area contributed by atoms with Crippen LogP contribution in [0.4, 0.5) is 8.78 Å². The fraction of sp³-hybridized carbons (Fsp3) is 0.231. The predicted octanol–water partition coefficient (Wildman–Crippen LogP) is 5.71. The lowest BCUT2D eigenvalue weighted by molar-refractivity contribution is -0.133. The third kappa shape index (κ3) is 3.13. The lowest BCUT2D eigenvalue weighted by Gasteiger charge is -2.38. The van der Waals surface area contributed by atoms with Crippen LogP contribution in [0.5, 0.6) is 0 Å². The van der Waals surface area contributed by atoms with E-state index in [0.29, 0.717) is 6.54 Å². The van der Waals surface area contributed by atoms with Crippen molar-refractivity contribution in [3.05, 3.63) is 70.7 Å². The second-order valence-electron chi connectivity index (χ2n) is 9.29. The zero-order valence-corrected chi connectivity index (χ0v) is 19.3. The summed E-state index contributed by atoms with van der Waals surface area (Å²) in [5, 5.41) is 13.4. The van der Waals surface area contributed by atoms with Gasteiger partial charge in [-0.25, -0.2) is 8.78 Å². The number of rotatable bonds is 4. The lowest BCUT2D eigenvalue weighted by atomic mass is 10.0. The fourth-order valence-electron chi connectivity index (χ4n) is 5.12. The Bertz CT molecular complexity index is 1550. The number of aromatic amines is 1. The van der Waals surface area contributed by atoms with E-state index in [1.807, 2.05) is 41.4 Å². The van der Waals surface area contributed by atoms with E-state index in [1.165, 1.54) is 20.9 Å². The molecule has 7 rings (SSSR count). The van der Waals surface area contributed by atoms with Crippen molar-refractivity contribution in [3.63, 3.8) is 0 Å². The number of likely N-dealkylation sites (tertiary alicyclic amines) is 1. The van der Waals surface area contributed by atoms with E-state index in [-0.39, 0.29) is 13.1 Å². The Kier molecular flexibility index (Phi) is 4.17. The Morgan fingerprint density at radius 2 is 1.85 bits per heavy atom. The van der Waals surface area contributed by atoms with Crippen molar-refractivity contribution in [1.82, 2.24) is 24.9 Å². The first-order valence-electron chi connectivity index (χ1n) is 11.3. The molecule has 3 aromatic heterocycles. The largest absolute Gasteiger partial charge is 0.287 e. The molecule has 170 valence electrons. The molecule has 1 saturated heterocycles. The summed E-state index contributed by atoms with van der Waals surface area (Å²) in [6.45, 7) is 0.287. The van der Waals surface area contributed by atoms with Gasteiger partial charge in [0.15, 0.2) is 0 Å². The van der Waals surface area contributed by atoms with Gasteiger partial charge in [0, 0.05) is 51.8 Å². The van der Waals surface area contributed by atoms with E-state index in [2.05, 4.69) is 51.7 Å². The fourth-order valence-corrected chi connectivity index (χ4v) is 6.30. The van der Waals surface area contributed by atoms with Crippen LogP contribution in [-0.2, 0) is 20.0 Å². The number of nitrogens with one attached hydrogen (secondary N) is 1. The van der Waals surface area contributed by atoms with Gasteiger partial charge in [-0.3, -0.25) is 14.7 Å². The third-order valence-electron chi connectivity index (χ3n) is 6.86. The first-order chi connectivity index (χ1) is 16.4. The minimum absolute atomic E-state index is 0.142. The summed E-state index contributed by atoms with van der Waals surface area (Å²) >= 11 is 1.81. The van der Waals surface area contributed by atoms with Gasteiger partial charge in [0.1, 0.15) is 0 Å². The Hall–Kier alpha value is -3.36. The first-order valence-corrected chi connectivity index (χ1v) is 12.1. The highest BCUT2D eigenvalue weighted by atomic mass is 32.1. The molecule has 1 fully saturated rings. The van der Waals surface area contributed by atoms with E-state index in [9.17, 15) is 8.78 Å². The maximum Gasteiger partial charge on any atom is 0.272 e. The highest BCUT2D eigenvalue weighted by Crippen LogP contribution is 2.46. The van der Waals surface area contributed by atoms with Gasteiger partial charge in [-0.1, -0.05) is 36.4 Å². The van der Waals surface area contributed by atoms with E-state index in [0.717, 1.165) is 45.4 Å². The van der Waals surface area contributed by atoms with Crippen LogP contribution in [-0.4, -0.2) is 43.9 Å². The average Bonchev–Trinajstić information content (AvgIpc) is 3.54. The van der Waals surface area contributed by atoms with E-state index in [1.54, 1.807) is 4.90 Å². The van der Waals surface area contributed by atoms with Gasteiger partial charge in [-0.2, -0.15) is 10.2 Å². The Morgan fingerprint density at radius 1 is 1.06 bits per heavy atom. The predicted molar refractivity (Wildman–Crippen MR) is 130 cm³/mol. The van der Waals surface area contributed by atoms with Gasteiger partial charge in [0.2, 0.25) is 0 Å². The van der Waals surface area contributed by atoms with E-state index >= 15 is 0 Å². The second-order valence-corrected chi connectivity index (χ2v) is 10.4. The molecule has 0 saturated carbocycles. The molecule has 0 radical (unpaired) electrons. The number of halogens is 2. The van der Waals surface area contributed by atoms with Crippen molar-refractivity contribution in [2.24, 2.45) is 7.05 Å². The summed E-state index contributed by atoms with van der Waals surface area (Å²) in [6.07, 6.45) is 2.75. The normalized spacial score (nSPS) is 16.6. The minimum atomic E-state index is -2.52. The molecule has 4 heterocycles. The van der Waals surface area contributed by atoms with Crippen LogP contribution in [0.2, 0.25) is 0 Å². The van der Waals surface area contributed by atoms with Crippen molar-refractivity contribution in [2.45, 2.75) is 18.9 Å². The van der Waals surface area contributed by atoms with E-state index in [4.69, 9.17) is 0 Å². The Morgan fingerprint density at radius 3 is 2.65 bits per heavy atom. The number of hydrogen-bond acceptors (Lipinski definition) is 4. The number of H-pyrrole nitrogens is 1. The summed E-state index contributed by atoms with van der Waals surface area (Å²) in [5.74, 6) is -2.52. The highest BCUT2D eigenvalue weighted by molar-refractivity contribution is 7.16. The van der Waals surface area contributed by atoms with Crippen LogP contribution in [0.3, 0.4) is 0 Å². The van der Waals surface area contributed by atoms with Crippen LogP contribution < -0.4 is 0 Å². The number of fused-ring (bicyclic) bond motifs is 4. The monoisotopic (exact) mass is 473 g/mol. The van der Waals surface area contributed by atoms with Crippen LogP contribution in [0.1, 0.15) is 16.0 Å². The molecule has 34 heavy (non-hydrogen) atoms. The zero-order chi connectivity index (χ0) is 23.0. The molecule has 1 N–H and O–H groups in total. The molecule has 5 aromatic rings. The number of aromatic nitrogens is 4. The van der Waals surface area contributed by atoms with Crippen LogP contribution in [0.15, 0.2) is 54.7 Å². The number of hydrogen-bond donors (Lipinski definition) is 1. The molecule has 2 aliphatic rings. The second kappa shape index (κ2) is 7.07. The molecule has 0 amide bonds. The maximum absolute atomic E-state index is 13.1. The topological polar surface area (TPSA) is 49.7 Å². The van der Waals surface area contributed by atoms with Crippen molar-refractivity contribution in [3.8, 4) is 33.0 Å². The van der Waals surface area contributed by atoms with Gasteiger partial charge >= 0.3 is 0 Å². The molecule has 2 aromatic carbocycles. The molecule has 0 bridgehead atoms. The average molecular weight is 474 g/mol. The number of aryl methyl sites for hydroxylation is 1. The molecule has 1 aliphatic heterocycles. The third-order valence-corrected chi connectivity index (χ3v) is 8.04. The van der Waals surface area contributed by atoms with Gasteiger partial charge in [-0.05, 0) is 23.3 Å². The maximum atomic E-state index is 13.1. The van der Waals surface area contributed by atoms with Crippen molar-refractivity contribution in [2.75, 3.05) is 13.1 Å². The summed E-state index contributed by atoms with van der Waals surface area (Å²) in [5.41, 5.74) is 8.99. The summed E-state index contributed by atoms with van der Waals surface area (Å²) in [4.78, 5) is 4.33. The smallest absolute Gasteiger partial charge is 0.272 e. The van der Waals surface area contributed by atoms with Crippen LogP contribution in [0.25, 0.3) is 43.9 Å². The molecule has 0 unspecified atom stereocenters. The Balaban J connectivity index is 1.14. The van der Waals surface area contributed by atoms with Gasteiger partial charge < -0.3 is 0 Å². The number of alkyl halides is 2. The first kappa shape index (κ1) is 20.1. The minimum Gasteiger partial charge on any atom is -0.287 e. The van der Waals surface area contributed by atoms with Crippen molar-refractivity contribution in [1.29, 1.82) is 0 Å². The summed E-state index contributed by atoms with van der Waals surface area (Å²) in [6, 6.07) is 16.9. The lowest BCUT2D eigenvalue weighted by Crippen LogP contribution is -2.55. The number of benzene rings is 2. The standard InChI is InChI=1S/C26H21F2N5S/c1-32-21-8-17(6-7-18(21)11-29-32)24-20-10-23-19(25(20)31-30-24)9-22(34-23)16-4-2-15(3-5-16)12-33-13-26(27,28)14-33/h2-9,11H,10,12-14H2,1H3,(H,30,31). The highest BCUT2D eigenvalue weighted by Gasteiger charge is 2.43. The number of thiophene rings is 1. The SMILES string of the molecule is Cn1ncc2ccc(-c3n[nH]c4c3Cc3sc(-c5ccc(CN6CC(F)(F)C6)cc5)cc3-4)cc21. The van der Waals surface area contributed by atoms with E-state index < -0.39 is 5.92 Å². The quantitative estimate of drug-likeness (QED) is 0.357. The summed E-state index contributed by atoms with van der Waals surface area (Å²) in [7, 11) is 1.95. The van der Waals surface area contributed by atoms with Gasteiger partial charge in [0.05, 0.1) is 36.2 Å². The van der Waals surface area contributed by atoms with Gasteiger partial charge in [0.25, 0.3) is 5.92 Å². The Labute approximate surface area is 198 Å². The molecule has 0 spiro atoms. The molecule has 1 aliphatic carbocycles. The van der Waals surface area contributed by atoms with Crippen LogP contribution >= 0.6 is 11.3 Å².